The van der Waals surface area contributed by atoms with E-state index < -0.39 is 6.61 Å². The van der Waals surface area contributed by atoms with Gasteiger partial charge < -0.3 is 18.9 Å². The normalized spacial score (nSPS) is 10.9. The van der Waals surface area contributed by atoms with Crippen molar-refractivity contribution in [3.05, 3.63) is 53.6 Å². The Labute approximate surface area is 156 Å². The average molecular weight is 378 g/mol. The molecule has 0 aromatic heterocycles. The predicted octanol–water partition coefficient (Wildman–Crippen LogP) is 4.60. The van der Waals surface area contributed by atoms with Gasteiger partial charge in [0.05, 0.1) is 26.4 Å². The summed E-state index contributed by atoms with van der Waals surface area (Å²) in [7, 11) is 2.99. The number of carbonyl (C=O) groups excluding carboxylic acids is 1. The second-order valence-electron chi connectivity index (χ2n) is 5.28. The molecule has 0 N–H and O–H groups in total. The highest BCUT2D eigenvalue weighted by Crippen LogP contribution is 2.30. The van der Waals surface area contributed by atoms with Crippen molar-refractivity contribution in [3.8, 4) is 23.0 Å². The Balaban J connectivity index is 2.24. The zero-order chi connectivity index (χ0) is 19.8. The van der Waals surface area contributed by atoms with E-state index in [0.29, 0.717) is 22.6 Å². The highest BCUT2D eigenvalue weighted by Gasteiger charge is 2.13. The summed E-state index contributed by atoms with van der Waals surface area (Å²) in [5.41, 5.74) is 0.970. The Morgan fingerprint density at radius 3 is 2.44 bits per heavy atom. The summed E-state index contributed by atoms with van der Waals surface area (Å²) in [5, 5.41) is 0. The van der Waals surface area contributed by atoms with Gasteiger partial charge in [-0.1, -0.05) is 12.1 Å². The van der Waals surface area contributed by atoms with Crippen LogP contribution in [0.4, 0.5) is 8.78 Å². The van der Waals surface area contributed by atoms with Gasteiger partial charge in [0.2, 0.25) is 0 Å². The van der Waals surface area contributed by atoms with Gasteiger partial charge >= 0.3 is 6.61 Å². The number of alkyl halides is 2. The molecule has 0 fully saturated rings. The molecule has 2 rings (SSSR count). The number of allylic oxidation sites excluding steroid dienone is 1. The van der Waals surface area contributed by atoms with E-state index in [0.717, 1.165) is 0 Å². The van der Waals surface area contributed by atoms with E-state index in [4.69, 9.17) is 14.2 Å². The second kappa shape index (κ2) is 9.56. The molecule has 0 saturated carbocycles. The van der Waals surface area contributed by atoms with Crippen molar-refractivity contribution < 1.29 is 32.5 Å². The van der Waals surface area contributed by atoms with E-state index in [1.54, 1.807) is 37.3 Å². The van der Waals surface area contributed by atoms with Crippen molar-refractivity contribution in [2.45, 2.75) is 13.5 Å². The fourth-order valence-electron chi connectivity index (χ4n) is 2.35. The first kappa shape index (κ1) is 20.2. The lowest BCUT2D eigenvalue weighted by molar-refractivity contribution is -0.0514. The SMILES string of the molecule is CCOc1cc(/C=C/C(=O)c2ccc(OC)cc2OC)ccc1OC(F)F. The molecule has 0 aliphatic rings. The lowest BCUT2D eigenvalue weighted by Crippen LogP contribution is -2.04. The predicted molar refractivity (Wildman–Crippen MR) is 97.2 cm³/mol. The molecule has 0 saturated heterocycles. The summed E-state index contributed by atoms with van der Waals surface area (Å²) in [6.07, 6.45) is 2.92. The van der Waals surface area contributed by atoms with E-state index in [2.05, 4.69) is 4.74 Å². The molecular formula is C20H20F2O5. The Kier molecular flexibility index (Phi) is 7.16. The van der Waals surface area contributed by atoms with Crippen molar-refractivity contribution in [2.75, 3.05) is 20.8 Å². The van der Waals surface area contributed by atoms with E-state index in [9.17, 15) is 13.6 Å². The molecule has 0 amide bonds. The first-order chi connectivity index (χ1) is 13.0. The monoisotopic (exact) mass is 378 g/mol. The fourth-order valence-corrected chi connectivity index (χ4v) is 2.35. The van der Waals surface area contributed by atoms with Crippen molar-refractivity contribution in [3.63, 3.8) is 0 Å². The maximum absolute atomic E-state index is 12.5. The van der Waals surface area contributed by atoms with E-state index in [-0.39, 0.29) is 23.9 Å². The average Bonchev–Trinajstić information content (AvgIpc) is 2.67. The summed E-state index contributed by atoms with van der Waals surface area (Å²) in [6, 6.07) is 9.33. The molecule has 0 bridgehead atoms. The van der Waals surface area contributed by atoms with Crippen LogP contribution in [0, 0.1) is 0 Å². The largest absolute Gasteiger partial charge is 0.497 e. The van der Waals surface area contributed by atoms with Crippen molar-refractivity contribution in [1.82, 2.24) is 0 Å². The third-order valence-electron chi connectivity index (χ3n) is 3.58. The first-order valence-corrected chi connectivity index (χ1v) is 8.14. The number of rotatable bonds is 9. The van der Waals surface area contributed by atoms with Crippen molar-refractivity contribution in [1.29, 1.82) is 0 Å². The fraction of sp³-hybridized carbons (Fsp3) is 0.250. The molecule has 144 valence electrons. The number of methoxy groups -OCH3 is 2. The molecule has 0 aliphatic carbocycles. The molecule has 27 heavy (non-hydrogen) atoms. The van der Waals surface area contributed by atoms with Gasteiger partial charge in [-0.3, -0.25) is 4.79 Å². The van der Waals surface area contributed by atoms with Gasteiger partial charge in [-0.05, 0) is 42.8 Å². The standard InChI is InChI=1S/C20H20F2O5/c1-4-26-19-11-13(6-10-17(19)27-20(21)22)5-9-16(23)15-8-7-14(24-2)12-18(15)25-3/h5-12,20H,4H2,1-3H3/b9-5+. The highest BCUT2D eigenvalue weighted by atomic mass is 19.3. The molecule has 0 heterocycles. The maximum Gasteiger partial charge on any atom is 0.387 e. The van der Waals surface area contributed by atoms with Gasteiger partial charge in [-0.2, -0.15) is 8.78 Å². The minimum atomic E-state index is -2.95. The third-order valence-corrected chi connectivity index (χ3v) is 3.58. The summed E-state index contributed by atoms with van der Waals surface area (Å²) in [6.45, 7) is -0.933. The van der Waals surface area contributed by atoms with E-state index >= 15 is 0 Å². The van der Waals surface area contributed by atoms with Gasteiger partial charge in [0.25, 0.3) is 0 Å². The lowest BCUT2D eigenvalue weighted by Gasteiger charge is -2.11. The topological polar surface area (TPSA) is 54.0 Å². The summed E-state index contributed by atoms with van der Waals surface area (Å²) in [5.74, 6) is 0.796. The van der Waals surface area contributed by atoms with Crippen LogP contribution >= 0.6 is 0 Å². The van der Waals surface area contributed by atoms with Crippen LogP contribution in [0.2, 0.25) is 0 Å². The number of hydrogen-bond donors (Lipinski definition) is 0. The summed E-state index contributed by atoms with van der Waals surface area (Å²) < 4.78 is 45.0. The zero-order valence-corrected chi connectivity index (χ0v) is 15.2. The minimum absolute atomic E-state index is 0.0628. The minimum Gasteiger partial charge on any atom is -0.497 e. The summed E-state index contributed by atoms with van der Waals surface area (Å²) in [4.78, 5) is 12.5. The summed E-state index contributed by atoms with van der Waals surface area (Å²) >= 11 is 0. The number of ketones is 1. The zero-order valence-electron chi connectivity index (χ0n) is 15.2. The van der Waals surface area contributed by atoms with Gasteiger partial charge in [-0.15, -0.1) is 0 Å². The molecule has 5 nitrogen and oxygen atoms in total. The molecule has 7 heteroatoms. The smallest absolute Gasteiger partial charge is 0.387 e. The van der Waals surface area contributed by atoms with Crippen LogP contribution in [0.5, 0.6) is 23.0 Å². The molecular weight excluding hydrogens is 358 g/mol. The maximum atomic E-state index is 12.5. The van der Waals surface area contributed by atoms with Crippen molar-refractivity contribution >= 4 is 11.9 Å². The van der Waals surface area contributed by atoms with Crippen molar-refractivity contribution in [2.24, 2.45) is 0 Å². The Bertz CT molecular complexity index is 818. The van der Waals surface area contributed by atoms with E-state index in [1.807, 2.05) is 0 Å². The molecule has 0 spiro atoms. The molecule has 0 radical (unpaired) electrons. The number of ether oxygens (including phenoxy) is 4. The Morgan fingerprint density at radius 1 is 1.04 bits per heavy atom. The number of hydrogen-bond acceptors (Lipinski definition) is 5. The molecule has 0 unspecified atom stereocenters. The van der Waals surface area contributed by atoms with Gasteiger partial charge in [-0.25, -0.2) is 0 Å². The lowest BCUT2D eigenvalue weighted by atomic mass is 10.1. The van der Waals surface area contributed by atoms with Crippen LogP contribution < -0.4 is 18.9 Å². The van der Waals surface area contributed by atoms with Crippen LogP contribution in [0.1, 0.15) is 22.8 Å². The first-order valence-electron chi connectivity index (χ1n) is 8.14. The number of benzene rings is 2. The Hall–Kier alpha value is -3.09. The molecule has 0 atom stereocenters. The highest BCUT2D eigenvalue weighted by molar-refractivity contribution is 6.08. The number of carbonyl (C=O) groups is 1. The third kappa shape index (κ3) is 5.44. The van der Waals surface area contributed by atoms with Gasteiger partial charge in [0, 0.05) is 6.07 Å². The molecule has 0 aliphatic heterocycles. The van der Waals surface area contributed by atoms with Gasteiger partial charge in [0.1, 0.15) is 11.5 Å². The quantitative estimate of drug-likeness (QED) is 0.472. The van der Waals surface area contributed by atoms with Crippen LogP contribution in [0.25, 0.3) is 6.08 Å². The van der Waals surface area contributed by atoms with Crippen LogP contribution in [0.3, 0.4) is 0 Å². The number of halogens is 2. The second-order valence-corrected chi connectivity index (χ2v) is 5.28. The molecule has 2 aromatic rings. The Morgan fingerprint density at radius 2 is 1.81 bits per heavy atom. The van der Waals surface area contributed by atoms with E-state index in [1.165, 1.54) is 32.4 Å². The van der Waals surface area contributed by atoms with Crippen LogP contribution in [0.15, 0.2) is 42.5 Å². The van der Waals surface area contributed by atoms with Crippen LogP contribution in [-0.2, 0) is 0 Å². The van der Waals surface area contributed by atoms with Gasteiger partial charge in [0.15, 0.2) is 17.3 Å². The molecule has 2 aromatic carbocycles. The van der Waals surface area contributed by atoms with Crippen LogP contribution in [-0.4, -0.2) is 33.2 Å².